The summed E-state index contributed by atoms with van der Waals surface area (Å²) in [7, 11) is 0. The molecule has 1 aromatic heterocycles. The van der Waals surface area contributed by atoms with Crippen LogP contribution in [0.15, 0.2) is 36.5 Å². The van der Waals surface area contributed by atoms with Crippen molar-refractivity contribution >= 4 is 23.1 Å². The van der Waals surface area contributed by atoms with Gasteiger partial charge in [0.1, 0.15) is 5.82 Å². The van der Waals surface area contributed by atoms with Crippen LogP contribution in [0.5, 0.6) is 0 Å². The van der Waals surface area contributed by atoms with Crippen LogP contribution in [0.3, 0.4) is 0 Å². The molecule has 1 heterocycles. The van der Waals surface area contributed by atoms with Crippen LogP contribution in [0.1, 0.15) is 37.3 Å². The SMILES string of the molecule is CCCCC(=O)Nc1ccc(Nc2cc(C)cc(C)c2)cn1. The second-order valence-corrected chi connectivity index (χ2v) is 5.59. The van der Waals surface area contributed by atoms with E-state index in [0.717, 1.165) is 24.2 Å². The molecule has 1 amide bonds. The minimum absolute atomic E-state index is 0.0179. The van der Waals surface area contributed by atoms with Crippen molar-refractivity contribution in [2.45, 2.75) is 40.0 Å². The fraction of sp³-hybridized carbons (Fsp3) is 0.333. The zero-order valence-electron chi connectivity index (χ0n) is 13.4. The average Bonchev–Trinajstić information content (AvgIpc) is 2.46. The molecule has 0 saturated carbocycles. The minimum atomic E-state index is 0.0179. The van der Waals surface area contributed by atoms with Gasteiger partial charge in [0.25, 0.3) is 0 Å². The van der Waals surface area contributed by atoms with E-state index >= 15 is 0 Å². The molecule has 1 aromatic carbocycles. The third kappa shape index (κ3) is 4.88. The number of hydrogen-bond donors (Lipinski definition) is 2. The van der Waals surface area contributed by atoms with Crippen molar-refractivity contribution in [1.82, 2.24) is 4.98 Å². The van der Waals surface area contributed by atoms with Crippen LogP contribution in [-0.4, -0.2) is 10.9 Å². The third-order valence-electron chi connectivity index (χ3n) is 3.30. The van der Waals surface area contributed by atoms with Gasteiger partial charge < -0.3 is 10.6 Å². The van der Waals surface area contributed by atoms with Crippen molar-refractivity contribution in [2.75, 3.05) is 10.6 Å². The smallest absolute Gasteiger partial charge is 0.225 e. The lowest BCUT2D eigenvalue weighted by Crippen LogP contribution is -2.12. The molecule has 4 heteroatoms. The molecule has 0 saturated heterocycles. The van der Waals surface area contributed by atoms with E-state index in [0.29, 0.717) is 12.2 Å². The summed E-state index contributed by atoms with van der Waals surface area (Å²) in [5.74, 6) is 0.608. The maximum atomic E-state index is 11.7. The monoisotopic (exact) mass is 297 g/mol. The fourth-order valence-corrected chi connectivity index (χ4v) is 2.30. The maximum absolute atomic E-state index is 11.7. The molecule has 0 bridgehead atoms. The topological polar surface area (TPSA) is 54.0 Å². The van der Waals surface area contributed by atoms with Crippen LogP contribution in [0.25, 0.3) is 0 Å². The van der Waals surface area contributed by atoms with Gasteiger partial charge in [0.2, 0.25) is 5.91 Å². The second kappa shape index (κ2) is 7.59. The Labute approximate surface area is 132 Å². The van der Waals surface area contributed by atoms with Crippen molar-refractivity contribution in [2.24, 2.45) is 0 Å². The number of amides is 1. The van der Waals surface area contributed by atoms with Crippen LogP contribution >= 0.6 is 0 Å². The molecule has 0 radical (unpaired) electrons. The number of aryl methyl sites for hydroxylation is 2. The van der Waals surface area contributed by atoms with E-state index in [2.05, 4.69) is 54.6 Å². The quantitative estimate of drug-likeness (QED) is 0.821. The van der Waals surface area contributed by atoms with Crippen molar-refractivity contribution in [3.05, 3.63) is 47.7 Å². The Balaban J connectivity index is 1.98. The molecule has 2 aromatic rings. The highest BCUT2D eigenvalue weighted by molar-refractivity contribution is 5.89. The van der Waals surface area contributed by atoms with Crippen LogP contribution < -0.4 is 10.6 Å². The summed E-state index contributed by atoms with van der Waals surface area (Å²) in [6.07, 6.45) is 4.19. The Bertz CT molecular complexity index is 615. The molecule has 0 unspecified atom stereocenters. The number of carbonyl (C=O) groups is 1. The van der Waals surface area contributed by atoms with Gasteiger partial charge >= 0.3 is 0 Å². The fourth-order valence-electron chi connectivity index (χ4n) is 2.30. The molecule has 0 spiro atoms. The summed E-state index contributed by atoms with van der Waals surface area (Å²) in [4.78, 5) is 15.9. The number of carbonyl (C=O) groups excluding carboxylic acids is 1. The zero-order chi connectivity index (χ0) is 15.9. The zero-order valence-corrected chi connectivity index (χ0v) is 13.4. The molecule has 2 rings (SSSR count). The second-order valence-electron chi connectivity index (χ2n) is 5.59. The number of aromatic nitrogens is 1. The van der Waals surface area contributed by atoms with Crippen LogP contribution in [-0.2, 0) is 4.79 Å². The Morgan fingerprint density at radius 1 is 1.09 bits per heavy atom. The summed E-state index contributed by atoms with van der Waals surface area (Å²) in [6.45, 7) is 6.22. The lowest BCUT2D eigenvalue weighted by atomic mass is 10.1. The number of rotatable bonds is 6. The molecule has 0 aliphatic carbocycles. The molecule has 0 aliphatic heterocycles. The summed E-state index contributed by atoms with van der Waals surface area (Å²) in [5.41, 5.74) is 4.38. The number of hydrogen-bond acceptors (Lipinski definition) is 3. The van der Waals surface area contributed by atoms with E-state index in [-0.39, 0.29) is 5.91 Å². The first-order valence-corrected chi connectivity index (χ1v) is 7.68. The van der Waals surface area contributed by atoms with Crippen LogP contribution in [0.4, 0.5) is 17.2 Å². The molecule has 4 nitrogen and oxygen atoms in total. The lowest BCUT2D eigenvalue weighted by Gasteiger charge is -2.09. The first kappa shape index (κ1) is 16.0. The van der Waals surface area contributed by atoms with Crippen LogP contribution in [0, 0.1) is 13.8 Å². The van der Waals surface area contributed by atoms with Crippen LogP contribution in [0.2, 0.25) is 0 Å². The van der Waals surface area contributed by atoms with Crippen molar-refractivity contribution in [3.8, 4) is 0 Å². The first-order chi connectivity index (χ1) is 10.6. The predicted molar refractivity (Wildman–Crippen MR) is 91.6 cm³/mol. The van der Waals surface area contributed by atoms with E-state index in [9.17, 15) is 4.79 Å². The Kier molecular flexibility index (Phi) is 5.53. The predicted octanol–water partition coefficient (Wildman–Crippen LogP) is 4.57. The highest BCUT2D eigenvalue weighted by atomic mass is 16.1. The number of unbranched alkanes of at least 4 members (excludes halogenated alkanes) is 1. The summed E-state index contributed by atoms with van der Waals surface area (Å²) < 4.78 is 0. The van der Waals surface area contributed by atoms with E-state index in [4.69, 9.17) is 0 Å². The summed E-state index contributed by atoms with van der Waals surface area (Å²) in [6, 6.07) is 10.0. The van der Waals surface area contributed by atoms with Crippen molar-refractivity contribution in [3.63, 3.8) is 0 Å². The molecule has 22 heavy (non-hydrogen) atoms. The normalized spacial score (nSPS) is 10.3. The number of pyridine rings is 1. The van der Waals surface area contributed by atoms with E-state index in [1.54, 1.807) is 6.20 Å². The largest absolute Gasteiger partial charge is 0.354 e. The van der Waals surface area contributed by atoms with Crippen molar-refractivity contribution in [1.29, 1.82) is 0 Å². The number of anilines is 3. The van der Waals surface area contributed by atoms with Gasteiger partial charge in [-0.3, -0.25) is 4.79 Å². The molecule has 2 N–H and O–H groups in total. The van der Waals surface area contributed by atoms with Gasteiger partial charge in [-0.05, 0) is 55.7 Å². The molecule has 116 valence electrons. The average molecular weight is 297 g/mol. The van der Waals surface area contributed by atoms with Gasteiger partial charge in [-0.15, -0.1) is 0 Å². The minimum Gasteiger partial charge on any atom is -0.354 e. The number of nitrogens with zero attached hydrogens (tertiary/aromatic N) is 1. The number of nitrogens with one attached hydrogen (secondary N) is 2. The maximum Gasteiger partial charge on any atom is 0.225 e. The van der Waals surface area contributed by atoms with Gasteiger partial charge in [-0.1, -0.05) is 19.4 Å². The molecule has 0 aliphatic rings. The third-order valence-corrected chi connectivity index (χ3v) is 3.30. The summed E-state index contributed by atoms with van der Waals surface area (Å²) in [5, 5.41) is 6.13. The van der Waals surface area contributed by atoms with Gasteiger partial charge in [0, 0.05) is 12.1 Å². The van der Waals surface area contributed by atoms with Gasteiger partial charge in [-0.2, -0.15) is 0 Å². The Hall–Kier alpha value is -2.36. The Morgan fingerprint density at radius 2 is 1.82 bits per heavy atom. The standard InChI is InChI=1S/C18H23N3O/c1-4-5-6-18(22)21-17-8-7-15(12-19-17)20-16-10-13(2)9-14(3)11-16/h7-12,20H,4-6H2,1-3H3,(H,19,21,22). The van der Waals surface area contributed by atoms with Gasteiger partial charge in [-0.25, -0.2) is 4.98 Å². The van der Waals surface area contributed by atoms with Gasteiger partial charge in [0.05, 0.1) is 11.9 Å². The molecule has 0 fully saturated rings. The van der Waals surface area contributed by atoms with E-state index < -0.39 is 0 Å². The number of benzene rings is 1. The highest BCUT2D eigenvalue weighted by Crippen LogP contribution is 2.20. The molecule has 0 atom stereocenters. The van der Waals surface area contributed by atoms with E-state index in [1.807, 2.05) is 12.1 Å². The van der Waals surface area contributed by atoms with Gasteiger partial charge in [0.15, 0.2) is 0 Å². The molecular formula is C18H23N3O. The first-order valence-electron chi connectivity index (χ1n) is 7.68. The molecular weight excluding hydrogens is 274 g/mol. The highest BCUT2D eigenvalue weighted by Gasteiger charge is 2.03. The lowest BCUT2D eigenvalue weighted by molar-refractivity contribution is -0.116. The summed E-state index contributed by atoms with van der Waals surface area (Å²) >= 11 is 0. The van der Waals surface area contributed by atoms with E-state index in [1.165, 1.54) is 11.1 Å². The van der Waals surface area contributed by atoms with Crippen molar-refractivity contribution < 1.29 is 4.79 Å². The Morgan fingerprint density at radius 3 is 2.41 bits per heavy atom.